The summed E-state index contributed by atoms with van der Waals surface area (Å²) in [5.41, 5.74) is 2.31. The van der Waals surface area contributed by atoms with Crippen LogP contribution < -0.4 is 5.32 Å². The molecule has 0 unspecified atom stereocenters. The molecule has 3 heteroatoms. The van der Waals surface area contributed by atoms with Crippen molar-refractivity contribution in [3.63, 3.8) is 0 Å². The maximum Gasteiger partial charge on any atom is 0.0556 e. The van der Waals surface area contributed by atoms with Gasteiger partial charge in [-0.15, -0.1) is 0 Å². The minimum Gasteiger partial charge on any atom is -0.395 e. The summed E-state index contributed by atoms with van der Waals surface area (Å²) in [6.07, 6.45) is 2.94. The highest BCUT2D eigenvalue weighted by Crippen LogP contribution is 2.06. The van der Waals surface area contributed by atoms with Crippen molar-refractivity contribution >= 4 is 0 Å². The van der Waals surface area contributed by atoms with Crippen LogP contribution >= 0.6 is 0 Å². The summed E-state index contributed by atoms with van der Waals surface area (Å²) in [6.45, 7) is 5.97. The SMILES string of the molecule is CC(C)Cc1ccc(CNCCO)cn1. The van der Waals surface area contributed by atoms with Crippen molar-refractivity contribution in [3.8, 4) is 0 Å². The van der Waals surface area contributed by atoms with Crippen LogP contribution in [0.3, 0.4) is 0 Å². The zero-order chi connectivity index (χ0) is 11.1. The van der Waals surface area contributed by atoms with Crippen LogP contribution in [-0.4, -0.2) is 23.2 Å². The second-order valence-electron chi connectivity index (χ2n) is 4.16. The predicted molar refractivity (Wildman–Crippen MR) is 61.6 cm³/mol. The molecule has 0 spiro atoms. The Morgan fingerprint density at radius 2 is 2.20 bits per heavy atom. The number of pyridine rings is 1. The average molecular weight is 208 g/mol. The molecule has 1 aromatic heterocycles. The van der Waals surface area contributed by atoms with Gasteiger partial charge in [0.05, 0.1) is 6.61 Å². The van der Waals surface area contributed by atoms with Crippen LogP contribution in [0.25, 0.3) is 0 Å². The van der Waals surface area contributed by atoms with Gasteiger partial charge in [-0.25, -0.2) is 0 Å². The molecule has 0 aromatic carbocycles. The van der Waals surface area contributed by atoms with Gasteiger partial charge in [0.2, 0.25) is 0 Å². The number of hydrogen-bond donors (Lipinski definition) is 2. The molecule has 0 saturated carbocycles. The third-order valence-corrected chi connectivity index (χ3v) is 2.12. The van der Waals surface area contributed by atoms with E-state index in [-0.39, 0.29) is 6.61 Å². The molecule has 1 rings (SSSR count). The van der Waals surface area contributed by atoms with Crippen LogP contribution in [0.2, 0.25) is 0 Å². The molecule has 0 amide bonds. The summed E-state index contributed by atoms with van der Waals surface area (Å²) >= 11 is 0. The maximum absolute atomic E-state index is 8.61. The average Bonchev–Trinajstić information content (AvgIpc) is 2.20. The second-order valence-corrected chi connectivity index (χ2v) is 4.16. The Kier molecular flexibility index (Phi) is 5.29. The van der Waals surface area contributed by atoms with E-state index >= 15 is 0 Å². The van der Waals surface area contributed by atoms with E-state index in [9.17, 15) is 0 Å². The van der Waals surface area contributed by atoms with Gasteiger partial charge in [0, 0.05) is 25.0 Å². The fourth-order valence-corrected chi connectivity index (χ4v) is 1.41. The van der Waals surface area contributed by atoms with Crippen LogP contribution in [-0.2, 0) is 13.0 Å². The number of aliphatic hydroxyl groups excluding tert-OH is 1. The Labute approximate surface area is 91.5 Å². The Hall–Kier alpha value is -0.930. The third kappa shape index (κ3) is 4.91. The summed E-state index contributed by atoms with van der Waals surface area (Å²) in [5, 5.41) is 11.7. The van der Waals surface area contributed by atoms with E-state index < -0.39 is 0 Å². The number of aliphatic hydroxyl groups is 1. The fourth-order valence-electron chi connectivity index (χ4n) is 1.41. The van der Waals surface area contributed by atoms with Crippen molar-refractivity contribution < 1.29 is 5.11 Å². The first-order chi connectivity index (χ1) is 7.22. The van der Waals surface area contributed by atoms with Crippen LogP contribution in [0.5, 0.6) is 0 Å². The normalized spacial score (nSPS) is 10.9. The van der Waals surface area contributed by atoms with E-state index in [1.807, 2.05) is 6.20 Å². The minimum atomic E-state index is 0.179. The molecule has 0 fully saturated rings. The third-order valence-electron chi connectivity index (χ3n) is 2.12. The highest BCUT2D eigenvalue weighted by atomic mass is 16.3. The first kappa shape index (κ1) is 12.1. The maximum atomic E-state index is 8.61. The van der Waals surface area contributed by atoms with Gasteiger partial charge < -0.3 is 10.4 Å². The van der Waals surface area contributed by atoms with Gasteiger partial charge in [0.25, 0.3) is 0 Å². The number of hydrogen-bond acceptors (Lipinski definition) is 3. The summed E-state index contributed by atoms with van der Waals surface area (Å²) < 4.78 is 0. The minimum absolute atomic E-state index is 0.179. The van der Waals surface area contributed by atoms with E-state index in [1.54, 1.807) is 0 Å². The van der Waals surface area contributed by atoms with E-state index in [4.69, 9.17) is 5.11 Å². The molecular weight excluding hydrogens is 188 g/mol. The van der Waals surface area contributed by atoms with Crippen LogP contribution in [0, 0.1) is 5.92 Å². The van der Waals surface area contributed by atoms with Crippen molar-refractivity contribution in [2.75, 3.05) is 13.2 Å². The summed E-state index contributed by atoms with van der Waals surface area (Å²) in [7, 11) is 0. The van der Waals surface area contributed by atoms with Gasteiger partial charge in [-0.05, 0) is 24.0 Å². The smallest absolute Gasteiger partial charge is 0.0556 e. The van der Waals surface area contributed by atoms with E-state index in [0.29, 0.717) is 12.5 Å². The van der Waals surface area contributed by atoms with Gasteiger partial charge in [0.15, 0.2) is 0 Å². The summed E-state index contributed by atoms with van der Waals surface area (Å²) in [6, 6.07) is 4.17. The number of rotatable bonds is 6. The molecule has 15 heavy (non-hydrogen) atoms. The summed E-state index contributed by atoms with van der Waals surface area (Å²) in [5.74, 6) is 0.649. The quantitative estimate of drug-likeness (QED) is 0.694. The highest BCUT2D eigenvalue weighted by molar-refractivity contribution is 5.14. The molecule has 0 saturated heterocycles. The monoisotopic (exact) mass is 208 g/mol. The van der Waals surface area contributed by atoms with E-state index in [1.165, 1.54) is 0 Å². The lowest BCUT2D eigenvalue weighted by molar-refractivity contribution is 0.292. The van der Waals surface area contributed by atoms with Crippen molar-refractivity contribution in [2.45, 2.75) is 26.8 Å². The van der Waals surface area contributed by atoms with E-state index in [0.717, 1.165) is 24.2 Å². The van der Waals surface area contributed by atoms with Crippen molar-refractivity contribution in [3.05, 3.63) is 29.6 Å². The Morgan fingerprint density at radius 1 is 1.40 bits per heavy atom. The van der Waals surface area contributed by atoms with Crippen molar-refractivity contribution in [1.29, 1.82) is 0 Å². The summed E-state index contributed by atoms with van der Waals surface area (Å²) in [4.78, 5) is 4.40. The molecule has 0 atom stereocenters. The zero-order valence-electron chi connectivity index (χ0n) is 9.53. The number of nitrogens with zero attached hydrogens (tertiary/aromatic N) is 1. The van der Waals surface area contributed by atoms with Crippen molar-refractivity contribution in [1.82, 2.24) is 10.3 Å². The fraction of sp³-hybridized carbons (Fsp3) is 0.583. The van der Waals surface area contributed by atoms with Gasteiger partial charge in [0.1, 0.15) is 0 Å². The lowest BCUT2D eigenvalue weighted by Crippen LogP contribution is -2.17. The molecular formula is C12H20N2O. The van der Waals surface area contributed by atoms with E-state index in [2.05, 4.69) is 36.3 Å². The number of nitrogens with one attached hydrogen (secondary N) is 1. The Bertz CT molecular complexity index is 269. The molecule has 0 bridgehead atoms. The first-order valence-corrected chi connectivity index (χ1v) is 5.47. The Morgan fingerprint density at radius 3 is 2.73 bits per heavy atom. The number of aromatic nitrogens is 1. The molecule has 0 aliphatic rings. The topological polar surface area (TPSA) is 45.1 Å². The molecule has 3 nitrogen and oxygen atoms in total. The van der Waals surface area contributed by atoms with Gasteiger partial charge >= 0.3 is 0 Å². The Balaban J connectivity index is 2.42. The van der Waals surface area contributed by atoms with Crippen LogP contribution in [0.15, 0.2) is 18.3 Å². The first-order valence-electron chi connectivity index (χ1n) is 5.47. The van der Waals surface area contributed by atoms with Gasteiger partial charge in [-0.3, -0.25) is 4.98 Å². The molecule has 1 aromatic rings. The van der Waals surface area contributed by atoms with Crippen LogP contribution in [0.4, 0.5) is 0 Å². The lowest BCUT2D eigenvalue weighted by Gasteiger charge is -2.06. The highest BCUT2D eigenvalue weighted by Gasteiger charge is 1.99. The van der Waals surface area contributed by atoms with Gasteiger partial charge in [-0.1, -0.05) is 19.9 Å². The van der Waals surface area contributed by atoms with Crippen LogP contribution in [0.1, 0.15) is 25.1 Å². The molecule has 2 N–H and O–H groups in total. The van der Waals surface area contributed by atoms with Crippen molar-refractivity contribution in [2.24, 2.45) is 5.92 Å². The second kappa shape index (κ2) is 6.53. The zero-order valence-corrected chi connectivity index (χ0v) is 9.53. The standard InChI is InChI=1S/C12H20N2O/c1-10(2)7-12-4-3-11(9-14-12)8-13-5-6-15/h3-4,9-10,13,15H,5-8H2,1-2H3. The molecule has 0 aliphatic carbocycles. The molecule has 84 valence electrons. The molecule has 0 aliphatic heterocycles. The predicted octanol–water partition coefficient (Wildman–Crippen LogP) is 1.36. The molecule has 0 radical (unpaired) electrons. The largest absolute Gasteiger partial charge is 0.395 e. The molecule has 1 heterocycles. The lowest BCUT2D eigenvalue weighted by atomic mass is 10.1. The van der Waals surface area contributed by atoms with Gasteiger partial charge in [-0.2, -0.15) is 0 Å².